The average molecular weight is 288 g/mol. The zero-order chi connectivity index (χ0) is 14.3. The van der Waals surface area contributed by atoms with Crippen LogP contribution in [0.1, 0.15) is 16.1 Å². The Hall–Kier alpha value is -2.47. The van der Waals surface area contributed by atoms with Crippen molar-refractivity contribution in [3.63, 3.8) is 0 Å². The highest BCUT2D eigenvalue weighted by molar-refractivity contribution is 6.68. The van der Waals surface area contributed by atoms with Gasteiger partial charge in [-0.15, -0.1) is 0 Å². The van der Waals surface area contributed by atoms with Gasteiger partial charge in [-0.2, -0.15) is 10.1 Å². The van der Waals surface area contributed by atoms with Crippen LogP contribution in [-0.2, 0) is 0 Å². The summed E-state index contributed by atoms with van der Waals surface area (Å²) in [6.07, 6.45) is 1.53. The smallest absolute Gasteiger partial charge is 0.273 e. The summed E-state index contributed by atoms with van der Waals surface area (Å²) in [7, 11) is 0. The van der Waals surface area contributed by atoms with Crippen LogP contribution < -0.4 is 5.73 Å². The molecule has 20 heavy (non-hydrogen) atoms. The molecule has 7 heteroatoms. The number of rotatable bonds is 2. The standard InChI is InChI=1S/C13H10ClN5O/c1-7-2-3-8-9(6-7)19(18-11(8)12(14)20)10-4-5-16-13(15)17-10/h2-6H,1H3,(H2,15,16,17). The first-order valence-corrected chi connectivity index (χ1v) is 6.22. The second kappa shape index (κ2) is 4.57. The van der Waals surface area contributed by atoms with Crippen molar-refractivity contribution in [1.29, 1.82) is 0 Å². The number of nitrogens with zero attached hydrogens (tertiary/aromatic N) is 4. The maximum Gasteiger partial charge on any atom is 0.273 e. The van der Waals surface area contributed by atoms with E-state index >= 15 is 0 Å². The molecule has 0 unspecified atom stereocenters. The lowest BCUT2D eigenvalue weighted by Crippen LogP contribution is -2.04. The lowest BCUT2D eigenvalue weighted by Gasteiger charge is -2.03. The Bertz CT molecular complexity index is 827. The summed E-state index contributed by atoms with van der Waals surface area (Å²) in [4.78, 5) is 19.4. The lowest BCUT2D eigenvalue weighted by atomic mass is 10.1. The van der Waals surface area contributed by atoms with Crippen molar-refractivity contribution in [2.24, 2.45) is 0 Å². The van der Waals surface area contributed by atoms with Gasteiger partial charge in [-0.1, -0.05) is 12.1 Å². The molecule has 0 radical (unpaired) electrons. The van der Waals surface area contributed by atoms with Crippen molar-refractivity contribution < 1.29 is 4.79 Å². The first-order chi connectivity index (χ1) is 9.56. The van der Waals surface area contributed by atoms with E-state index in [-0.39, 0.29) is 11.6 Å². The Morgan fingerprint density at radius 2 is 2.15 bits per heavy atom. The highest BCUT2D eigenvalue weighted by Crippen LogP contribution is 2.23. The van der Waals surface area contributed by atoms with Crippen LogP contribution in [0.2, 0.25) is 0 Å². The molecule has 6 nitrogen and oxygen atoms in total. The zero-order valence-electron chi connectivity index (χ0n) is 10.5. The molecule has 0 aliphatic heterocycles. The Morgan fingerprint density at radius 3 is 2.85 bits per heavy atom. The Kier molecular flexibility index (Phi) is 2.87. The monoisotopic (exact) mass is 287 g/mol. The van der Waals surface area contributed by atoms with Crippen LogP contribution in [0.4, 0.5) is 5.95 Å². The molecule has 2 N–H and O–H groups in total. The molecule has 0 atom stereocenters. The van der Waals surface area contributed by atoms with Crippen LogP contribution in [0.25, 0.3) is 16.7 Å². The minimum atomic E-state index is -0.611. The van der Waals surface area contributed by atoms with Crippen LogP contribution in [0, 0.1) is 6.92 Å². The van der Waals surface area contributed by atoms with Crippen molar-refractivity contribution in [2.75, 3.05) is 5.73 Å². The van der Waals surface area contributed by atoms with E-state index in [0.29, 0.717) is 11.2 Å². The molecular weight excluding hydrogens is 278 g/mol. The molecule has 0 amide bonds. The summed E-state index contributed by atoms with van der Waals surface area (Å²) in [6, 6.07) is 7.28. The molecule has 0 aliphatic carbocycles. The van der Waals surface area contributed by atoms with Gasteiger partial charge in [0.15, 0.2) is 11.5 Å². The van der Waals surface area contributed by atoms with E-state index < -0.39 is 5.24 Å². The second-order valence-corrected chi connectivity index (χ2v) is 4.67. The third-order valence-electron chi connectivity index (χ3n) is 2.90. The number of hydrogen-bond acceptors (Lipinski definition) is 5. The molecule has 0 saturated carbocycles. The van der Waals surface area contributed by atoms with Gasteiger partial charge in [0, 0.05) is 17.6 Å². The van der Waals surface area contributed by atoms with Crippen LogP contribution >= 0.6 is 11.6 Å². The minimum Gasteiger partial charge on any atom is -0.368 e. The molecule has 1 aromatic carbocycles. The van der Waals surface area contributed by atoms with Crippen molar-refractivity contribution in [1.82, 2.24) is 19.7 Å². The summed E-state index contributed by atoms with van der Waals surface area (Å²) in [6.45, 7) is 1.95. The average Bonchev–Trinajstić information content (AvgIpc) is 2.77. The molecular formula is C13H10ClN5O. The van der Waals surface area contributed by atoms with Crippen LogP contribution in [0.3, 0.4) is 0 Å². The first kappa shape index (κ1) is 12.6. The van der Waals surface area contributed by atoms with E-state index in [1.165, 1.54) is 10.9 Å². The topological polar surface area (TPSA) is 86.7 Å². The summed E-state index contributed by atoms with van der Waals surface area (Å²) in [5.74, 6) is 0.620. The highest BCUT2D eigenvalue weighted by Gasteiger charge is 2.17. The van der Waals surface area contributed by atoms with Gasteiger partial charge in [-0.25, -0.2) is 9.67 Å². The summed E-state index contributed by atoms with van der Waals surface area (Å²) in [5.41, 5.74) is 7.55. The van der Waals surface area contributed by atoms with Crippen molar-refractivity contribution in [2.45, 2.75) is 6.92 Å². The predicted molar refractivity (Wildman–Crippen MR) is 76.0 cm³/mol. The van der Waals surface area contributed by atoms with E-state index in [9.17, 15) is 4.79 Å². The molecule has 2 heterocycles. The highest BCUT2D eigenvalue weighted by atomic mass is 35.5. The van der Waals surface area contributed by atoms with Crippen molar-refractivity contribution in [3.05, 3.63) is 41.7 Å². The molecule has 0 bridgehead atoms. The van der Waals surface area contributed by atoms with Gasteiger partial charge in [0.25, 0.3) is 5.24 Å². The van der Waals surface area contributed by atoms with Gasteiger partial charge in [0.05, 0.1) is 5.52 Å². The number of carbonyl (C=O) groups is 1. The first-order valence-electron chi connectivity index (χ1n) is 5.84. The number of aryl methyl sites for hydroxylation is 1. The lowest BCUT2D eigenvalue weighted by molar-refractivity contribution is 0.107. The van der Waals surface area contributed by atoms with Crippen LogP contribution in [0.15, 0.2) is 30.5 Å². The quantitative estimate of drug-likeness (QED) is 0.729. The minimum absolute atomic E-state index is 0.137. The van der Waals surface area contributed by atoms with Gasteiger partial charge >= 0.3 is 0 Å². The number of halogens is 1. The van der Waals surface area contributed by atoms with E-state index in [1.54, 1.807) is 6.07 Å². The maximum atomic E-state index is 11.5. The van der Waals surface area contributed by atoms with E-state index in [0.717, 1.165) is 11.1 Å². The molecule has 3 aromatic rings. The summed E-state index contributed by atoms with van der Waals surface area (Å²) in [5, 5.41) is 4.29. The molecule has 0 aliphatic rings. The normalized spacial score (nSPS) is 10.9. The van der Waals surface area contributed by atoms with Crippen molar-refractivity contribution >= 4 is 33.7 Å². The number of hydrogen-bond donors (Lipinski definition) is 1. The SMILES string of the molecule is Cc1ccc2c(C(=O)Cl)nn(-c3ccnc(N)n3)c2c1. The molecule has 100 valence electrons. The van der Waals surface area contributed by atoms with Gasteiger partial charge < -0.3 is 5.73 Å². The van der Waals surface area contributed by atoms with Gasteiger partial charge in [-0.05, 0) is 30.2 Å². The number of nitrogens with two attached hydrogens (primary N) is 1. The molecule has 0 spiro atoms. The predicted octanol–water partition coefficient (Wildman–Crippen LogP) is 2.09. The second-order valence-electron chi connectivity index (χ2n) is 4.33. The number of nitrogen functional groups attached to an aromatic ring is 1. The van der Waals surface area contributed by atoms with Crippen molar-refractivity contribution in [3.8, 4) is 5.82 Å². The summed E-state index contributed by atoms with van der Waals surface area (Å²) >= 11 is 5.58. The third-order valence-corrected chi connectivity index (χ3v) is 3.08. The van der Waals surface area contributed by atoms with Gasteiger partial charge in [0.2, 0.25) is 5.95 Å². The Balaban J connectivity index is 2.35. The molecule has 0 fully saturated rings. The fourth-order valence-corrected chi connectivity index (χ4v) is 2.17. The number of benzene rings is 1. The molecule has 3 rings (SSSR count). The molecule has 0 saturated heterocycles. The van der Waals surface area contributed by atoms with Gasteiger partial charge in [-0.3, -0.25) is 4.79 Å². The number of aromatic nitrogens is 4. The fourth-order valence-electron chi connectivity index (χ4n) is 2.03. The summed E-state index contributed by atoms with van der Waals surface area (Å²) < 4.78 is 1.54. The zero-order valence-corrected chi connectivity index (χ0v) is 11.3. The molecule has 2 aromatic heterocycles. The number of anilines is 1. The van der Waals surface area contributed by atoms with E-state index in [4.69, 9.17) is 17.3 Å². The number of carbonyl (C=O) groups excluding carboxylic acids is 1. The van der Waals surface area contributed by atoms with Gasteiger partial charge in [0.1, 0.15) is 0 Å². The fraction of sp³-hybridized carbons (Fsp3) is 0.0769. The van der Waals surface area contributed by atoms with E-state index in [2.05, 4.69) is 15.1 Å². The maximum absolute atomic E-state index is 11.5. The Morgan fingerprint density at radius 1 is 1.35 bits per heavy atom. The largest absolute Gasteiger partial charge is 0.368 e. The third kappa shape index (κ3) is 2.00. The van der Waals surface area contributed by atoms with Crippen LogP contribution in [-0.4, -0.2) is 25.0 Å². The van der Waals surface area contributed by atoms with Crippen LogP contribution in [0.5, 0.6) is 0 Å². The Labute approximate surface area is 119 Å². The number of fused-ring (bicyclic) bond motifs is 1. The van der Waals surface area contributed by atoms with E-state index in [1.807, 2.05) is 25.1 Å².